The third-order valence-electron chi connectivity index (χ3n) is 7.29. The number of hydrogen-bond donors (Lipinski definition) is 2. The molecule has 4 heterocycles. The van der Waals surface area contributed by atoms with E-state index in [-0.39, 0.29) is 17.7 Å². The number of carbonyl (C=O) groups is 1. The fraction of sp³-hybridized carbons (Fsp3) is 0.448. The maximum Gasteiger partial charge on any atom is 0.263 e. The number of nitrogens with zero attached hydrogens (tertiary/aromatic N) is 4. The van der Waals surface area contributed by atoms with Gasteiger partial charge in [-0.05, 0) is 70.9 Å². The second-order valence-corrected chi connectivity index (χ2v) is 10.2. The van der Waals surface area contributed by atoms with Gasteiger partial charge in [-0.2, -0.15) is 0 Å². The first kappa shape index (κ1) is 25.3. The summed E-state index contributed by atoms with van der Waals surface area (Å²) in [6, 6.07) is 11.2. The van der Waals surface area contributed by atoms with Crippen molar-refractivity contribution in [2.75, 3.05) is 20.1 Å². The quantitative estimate of drug-likeness (QED) is 0.208. The van der Waals surface area contributed by atoms with Crippen molar-refractivity contribution >= 4 is 16.7 Å². The van der Waals surface area contributed by atoms with Crippen LogP contribution >= 0.6 is 0 Å². The number of Topliss-reactive ketones (excluding diaryl/α,β-unsaturated/α-hetero) is 1. The number of piperidine rings is 1. The van der Waals surface area contributed by atoms with Crippen LogP contribution in [0.2, 0.25) is 0 Å². The summed E-state index contributed by atoms with van der Waals surface area (Å²) in [5.41, 5.74) is 4.16. The van der Waals surface area contributed by atoms with Crippen LogP contribution in [0.5, 0.6) is 0 Å². The minimum atomic E-state index is -0.0255. The Morgan fingerprint density at radius 3 is 2.84 bits per heavy atom. The first-order chi connectivity index (χ1) is 18.0. The number of H-pyrrole nitrogens is 1. The van der Waals surface area contributed by atoms with E-state index in [9.17, 15) is 4.79 Å². The van der Waals surface area contributed by atoms with Crippen molar-refractivity contribution in [3.05, 3.63) is 66.4 Å². The van der Waals surface area contributed by atoms with Gasteiger partial charge in [0.25, 0.3) is 5.89 Å². The highest BCUT2D eigenvalue weighted by Gasteiger charge is 2.23. The van der Waals surface area contributed by atoms with Gasteiger partial charge >= 0.3 is 0 Å². The number of nitrogens with one attached hydrogen (secondary N) is 2. The van der Waals surface area contributed by atoms with Gasteiger partial charge in [0.1, 0.15) is 12.1 Å². The van der Waals surface area contributed by atoms with Crippen LogP contribution in [0.1, 0.15) is 73.2 Å². The molecule has 0 amide bonds. The maximum absolute atomic E-state index is 12.2. The number of fused-ring (bicyclic) bond motifs is 1. The van der Waals surface area contributed by atoms with Crippen LogP contribution in [-0.2, 0) is 0 Å². The Hall–Kier alpha value is -3.36. The monoisotopic (exact) mass is 500 g/mol. The van der Waals surface area contributed by atoms with Crippen molar-refractivity contribution in [3.63, 3.8) is 0 Å². The second-order valence-electron chi connectivity index (χ2n) is 10.2. The Morgan fingerprint density at radius 2 is 2.03 bits per heavy atom. The van der Waals surface area contributed by atoms with Crippen molar-refractivity contribution < 1.29 is 9.21 Å². The lowest BCUT2D eigenvalue weighted by Crippen LogP contribution is -2.42. The first-order valence-corrected chi connectivity index (χ1v) is 13.3. The molecule has 1 aliphatic heterocycles. The summed E-state index contributed by atoms with van der Waals surface area (Å²) in [6.45, 7) is 4.24. The normalized spacial score (nSPS) is 15.8. The number of aryl methyl sites for hydroxylation is 1. The Balaban J connectivity index is 1.24. The predicted molar refractivity (Wildman–Crippen MR) is 144 cm³/mol. The molecule has 1 fully saturated rings. The summed E-state index contributed by atoms with van der Waals surface area (Å²) >= 11 is 0. The van der Waals surface area contributed by atoms with Crippen LogP contribution in [0.4, 0.5) is 0 Å². The Bertz CT molecular complexity index is 1310. The lowest BCUT2D eigenvalue weighted by Gasteiger charge is -2.32. The van der Waals surface area contributed by atoms with Crippen LogP contribution in [0.15, 0.2) is 53.4 Å². The molecule has 37 heavy (non-hydrogen) atoms. The molecule has 8 nitrogen and oxygen atoms in total. The third kappa shape index (κ3) is 6.50. The number of pyridine rings is 1. The molecule has 4 aromatic rings. The summed E-state index contributed by atoms with van der Waals surface area (Å²) in [5, 5.41) is 5.02. The smallest absolute Gasteiger partial charge is 0.263 e. The van der Waals surface area contributed by atoms with E-state index in [1.54, 1.807) is 0 Å². The summed E-state index contributed by atoms with van der Waals surface area (Å²) in [5.74, 6) is 1.17. The summed E-state index contributed by atoms with van der Waals surface area (Å²) in [7, 11) is 2.19. The number of rotatable bonds is 11. The molecule has 1 aliphatic rings. The average molecular weight is 501 g/mol. The van der Waals surface area contributed by atoms with Gasteiger partial charge in [0.15, 0.2) is 0 Å². The molecular formula is C29H36N6O2. The van der Waals surface area contributed by atoms with Crippen molar-refractivity contribution in [2.45, 2.75) is 64.0 Å². The van der Waals surface area contributed by atoms with E-state index < -0.39 is 0 Å². The number of oxazole rings is 1. The molecule has 0 aliphatic carbocycles. The van der Waals surface area contributed by atoms with E-state index in [0.29, 0.717) is 12.5 Å². The van der Waals surface area contributed by atoms with Crippen LogP contribution < -0.4 is 5.32 Å². The zero-order valence-electron chi connectivity index (χ0n) is 21.7. The number of benzene rings is 1. The molecule has 3 aromatic heterocycles. The number of likely N-dealkylation sites (tertiary alicyclic amines) is 1. The molecule has 1 unspecified atom stereocenters. The Labute approximate surface area is 217 Å². The van der Waals surface area contributed by atoms with Gasteiger partial charge in [-0.1, -0.05) is 25.0 Å². The zero-order chi connectivity index (χ0) is 25.6. The topological polar surface area (TPSA) is 99.9 Å². The van der Waals surface area contributed by atoms with Gasteiger partial charge in [0.05, 0.1) is 29.6 Å². The van der Waals surface area contributed by atoms with Crippen molar-refractivity contribution in [2.24, 2.45) is 0 Å². The number of unbranched alkanes of at least 4 members (excludes halogenated alkanes) is 2. The molecule has 0 spiro atoms. The molecule has 1 atom stereocenters. The number of aromatic amines is 1. The minimum absolute atomic E-state index is 0.0255. The molecular weight excluding hydrogens is 464 g/mol. The van der Waals surface area contributed by atoms with Gasteiger partial charge in [0.2, 0.25) is 5.78 Å². The van der Waals surface area contributed by atoms with E-state index in [1.165, 1.54) is 12.5 Å². The number of hydrogen-bond acceptors (Lipinski definition) is 7. The maximum atomic E-state index is 12.2. The van der Waals surface area contributed by atoms with Crippen LogP contribution in [0, 0.1) is 6.92 Å². The zero-order valence-corrected chi connectivity index (χ0v) is 21.7. The summed E-state index contributed by atoms with van der Waals surface area (Å²) < 4.78 is 5.12. The van der Waals surface area contributed by atoms with E-state index >= 15 is 0 Å². The Morgan fingerprint density at radius 1 is 1.16 bits per heavy atom. The highest BCUT2D eigenvalue weighted by molar-refractivity contribution is 5.91. The van der Waals surface area contributed by atoms with Crippen molar-refractivity contribution in [1.29, 1.82) is 0 Å². The van der Waals surface area contributed by atoms with E-state index in [4.69, 9.17) is 9.40 Å². The van der Waals surface area contributed by atoms with Gasteiger partial charge in [-0.3, -0.25) is 9.78 Å². The van der Waals surface area contributed by atoms with Gasteiger partial charge in [0, 0.05) is 29.1 Å². The fourth-order valence-corrected chi connectivity index (χ4v) is 5.09. The molecule has 2 N–H and O–H groups in total. The highest BCUT2D eigenvalue weighted by atomic mass is 16.3. The van der Waals surface area contributed by atoms with Gasteiger partial charge in [-0.15, -0.1) is 0 Å². The summed E-state index contributed by atoms with van der Waals surface area (Å²) in [4.78, 5) is 31.5. The molecule has 5 rings (SSSR count). The van der Waals surface area contributed by atoms with Gasteiger partial charge in [-0.25, -0.2) is 9.97 Å². The third-order valence-corrected chi connectivity index (χ3v) is 7.29. The van der Waals surface area contributed by atoms with Crippen LogP contribution in [0.25, 0.3) is 22.2 Å². The lowest BCUT2D eigenvalue weighted by atomic mass is 10.0. The fourth-order valence-electron chi connectivity index (χ4n) is 5.09. The van der Waals surface area contributed by atoms with Crippen LogP contribution in [0.3, 0.4) is 0 Å². The SMILES string of the molecule is Cc1ccc2cc(-c3cnc(C(CCCCCC(=O)c4ncco4)NC4CCN(C)CC4)[nH]3)ccc2n1. The van der Waals surface area contributed by atoms with Crippen molar-refractivity contribution in [1.82, 2.24) is 30.2 Å². The number of carbonyl (C=O) groups excluding carboxylic acids is 1. The molecule has 1 saturated heterocycles. The minimum Gasteiger partial charge on any atom is -0.442 e. The molecule has 0 bridgehead atoms. The molecule has 1 aromatic carbocycles. The largest absolute Gasteiger partial charge is 0.442 e. The number of imidazole rings is 1. The second kappa shape index (κ2) is 11.8. The highest BCUT2D eigenvalue weighted by Crippen LogP contribution is 2.26. The Kier molecular flexibility index (Phi) is 8.06. The summed E-state index contributed by atoms with van der Waals surface area (Å²) in [6.07, 6.45) is 11.4. The lowest BCUT2D eigenvalue weighted by molar-refractivity contribution is 0.0945. The number of ketones is 1. The average Bonchev–Trinajstić information content (AvgIpc) is 3.62. The molecule has 8 heteroatoms. The predicted octanol–water partition coefficient (Wildman–Crippen LogP) is 5.48. The first-order valence-electron chi connectivity index (χ1n) is 13.3. The molecule has 0 radical (unpaired) electrons. The van der Waals surface area contributed by atoms with E-state index in [1.807, 2.05) is 19.2 Å². The van der Waals surface area contributed by atoms with Crippen LogP contribution in [-0.4, -0.2) is 56.8 Å². The van der Waals surface area contributed by atoms with E-state index in [0.717, 1.165) is 85.3 Å². The standard InChI is InChI=1S/C29H36N6O2/c1-20-8-9-21-18-22(10-11-24(21)32-20)26-19-31-28(34-26)25(33-23-12-15-35(2)16-13-23)6-4-3-5-7-27(36)29-30-14-17-37-29/h8-11,14,17-19,23,25,33H,3-7,12-13,15-16H2,1-2H3,(H,31,34). The van der Waals surface area contributed by atoms with E-state index in [2.05, 4.69) is 56.5 Å². The number of aromatic nitrogens is 4. The molecule has 194 valence electrons. The van der Waals surface area contributed by atoms with Gasteiger partial charge < -0.3 is 19.6 Å². The molecule has 0 saturated carbocycles. The van der Waals surface area contributed by atoms with Crippen molar-refractivity contribution in [3.8, 4) is 11.3 Å².